The highest BCUT2D eigenvalue weighted by molar-refractivity contribution is 6.33. The Bertz CT molecular complexity index is 998. The van der Waals surface area contributed by atoms with Crippen molar-refractivity contribution in [3.8, 4) is 0 Å². The van der Waals surface area contributed by atoms with Gasteiger partial charge < -0.3 is 5.32 Å². The van der Waals surface area contributed by atoms with E-state index in [1.807, 2.05) is 103 Å². The quantitative estimate of drug-likeness (QED) is 0.407. The van der Waals surface area contributed by atoms with Crippen LogP contribution in [0, 0.1) is 0 Å². The Morgan fingerprint density at radius 1 is 0.586 bits per heavy atom. The van der Waals surface area contributed by atoms with E-state index in [2.05, 4.69) is 5.32 Å². The van der Waals surface area contributed by atoms with Crippen LogP contribution < -0.4 is 5.32 Å². The van der Waals surface area contributed by atoms with E-state index in [1.165, 1.54) is 0 Å². The predicted octanol–water partition coefficient (Wildman–Crippen LogP) is 6.06. The van der Waals surface area contributed by atoms with E-state index in [4.69, 9.17) is 11.6 Å². The van der Waals surface area contributed by atoms with Crippen LogP contribution >= 0.6 is 11.6 Å². The molecule has 0 unspecified atom stereocenters. The number of hydrogen-bond acceptors (Lipinski definition) is 1. The van der Waals surface area contributed by atoms with Crippen LogP contribution in [0.4, 0.5) is 0 Å². The molecular weight excluding hydrogens is 378 g/mol. The third kappa shape index (κ3) is 3.67. The first kappa shape index (κ1) is 19.0. The van der Waals surface area contributed by atoms with Crippen LogP contribution in [-0.4, -0.2) is 5.91 Å². The van der Waals surface area contributed by atoms with Crippen molar-refractivity contribution in [2.75, 3.05) is 0 Å². The lowest BCUT2D eigenvalue weighted by Gasteiger charge is -2.37. The van der Waals surface area contributed by atoms with Crippen LogP contribution in [0.5, 0.6) is 0 Å². The van der Waals surface area contributed by atoms with Gasteiger partial charge in [-0.3, -0.25) is 4.79 Å². The number of carbonyl (C=O) groups excluding carboxylic acids is 1. The molecule has 1 N–H and O–H groups in total. The molecule has 0 heterocycles. The maximum atomic E-state index is 13.4. The van der Waals surface area contributed by atoms with Crippen molar-refractivity contribution in [1.82, 2.24) is 5.32 Å². The van der Waals surface area contributed by atoms with Crippen LogP contribution in [0.2, 0.25) is 5.02 Å². The molecule has 0 aliphatic carbocycles. The minimum Gasteiger partial charge on any atom is -0.334 e. The number of amides is 1. The van der Waals surface area contributed by atoms with Crippen molar-refractivity contribution in [1.29, 1.82) is 0 Å². The molecule has 0 aliphatic rings. The van der Waals surface area contributed by atoms with Gasteiger partial charge in [-0.2, -0.15) is 0 Å². The zero-order chi connectivity index (χ0) is 20.1. The monoisotopic (exact) mass is 397 g/mol. The van der Waals surface area contributed by atoms with E-state index < -0.39 is 5.54 Å². The highest BCUT2D eigenvalue weighted by atomic mass is 35.5. The first-order chi connectivity index (χ1) is 14.2. The van der Waals surface area contributed by atoms with Crippen molar-refractivity contribution < 1.29 is 4.79 Å². The molecule has 3 heteroatoms. The van der Waals surface area contributed by atoms with Gasteiger partial charge in [0.1, 0.15) is 5.54 Å². The van der Waals surface area contributed by atoms with Gasteiger partial charge in [0.15, 0.2) is 0 Å². The number of rotatable bonds is 5. The Morgan fingerprint density at radius 3 is 1.38 bits per heavy atom. The van der Waals surface area contributed by atoms with Gasteiger partial charge in [-0.15, -0.1) is 0 Å². The Balaban J connectivity index is 1.95. The molecule has 0 aliphatic heterocycles. The van der Waals surface area contributed by atoms with E-state index >= 15 is 0 Å². The highest BCUT2D eigenvalue weighted by Gasteiger charge is 2.38. The third-order valence-electron chi connectivity index (χ3n) is 5.04. The van der Waals surface area contributed by atoms with Crippen LogP contribution in [0.25, 0.3) is 0 Å². The summed E-state index contributed by atoms with van der Waals surface area (Å²) >= 11 is 6.33. The fourth-order valence-electron chi connectivity index (χ4n) is 3.66. The summed E-state index contributed by atoms with van der Waals surface area (Å²) in [6.45, 7) is 0. The lowest BCUT2D eigenvalue weighted by Crippen LogP contribution is -2.47. The number of nitrogens with one attached hydrogen (secondary N) is 1. The number of benzene rings is 4. The molecule has 0 fully saturated rings. The normalized spacial score (nSPS) is 11.1. The van der Waals surface area contributed by atoms with Crippen LogP contribution in [0.1, 0.15) is 27.0 Å². The lowest BCUT2D eigenvalue weighted by molar-refractivity contribution is 0.0925. The zero-order valence-corrected chi connectivity index (χ0v) is 16.5. The maximum Gasteiger partial charge on any atom is 0.254 e. The molecule has 0 radical (unpaired) electrons. The molecule has 4 aromatic rings. The fraction of sp³-hybridized carbons (Fsp3) is 0.0385. The van der Waals surface area contributed by atoms with E-state index in [0.717, 1.165) is 16.7 Å². The Kier molecular flexibility index (Phi) is 5.46. The molecule has 142 valence electrons. The van der Waals surface area contributed by atoms with Crippen molar-refractivity contribution in [3.05, 3.63) is 143 Å². The molecule has 2 nitrogen and oxygen atoms in total. The summed E-state index contributed by atoms with van der Waals surface area (Å²) in [6, 6.07) is 37.1. The van der Waals surface area contributed by atoms with Crippen LogP contribution in [-0.2, 0) is 5.54 Å². The summed E-state index contributed by atoms with van der Waals surface area (Å²) in [5.41, 5.74) is 2.50. The summed E-state index contributed by atoms with van der Waals surface area (Å²) in [5.74, 6) is -0.229. The molecule has 0 saturated heterocycles. The van der Waals surface area contributed by atoms with E-state index in [0.29, 0.717) is 10.6 Å². The molecule has 0 atom stereocenters. The number of hydrogen-bond donors (Lipinski definition) is 1. The highest BCUT2D eigenvalue weighted by Crippen LogP contribution is 2.37. The van der Waals surface area contributed by atoms with Gasteiger partial charge >= 0.3 is 0 Å². The fourth-order valence-corrected chi connectivity index (χ4v) is 3.89. The summed E-state index contributed by atoms with van der Waals surface area (Å²) < 4.78 is 0. The smallest absolute Gasteiger partial charge is 0.254 e. The SMILES string of the molecule is O=C(NC(c1ccccc1)(c1ccccc1)c1ccccc1)c1ccccc1Cl. The zero-order valence-electron chi connectivity index (χ0n) is 15.8. The largest absolute Gasteiger partial charge is 0.334 e. The van der Waals surface area contributed by atoms with Gasteiger partial charge in [0.25, 0.3) is 5.91 Å². The average molecular weight is 398 g/mol. The Hall–Kier alpha value is -3.36. The molecular formula is C26H20ClNO. The molecule has 0 spiro atoms. The van der Waals surface area contributed by atoms with Crippen molar-refractivity contribution >= 4 is 17.5 Å². The standard InChI is InChI=1S/C26H20ClNO/c27-24-19-11-10-18-23(24)25(29)28-26(20-12-4-1-5-13-20,21-14-6-2-7-15-21)22-16-8-3-9-17-22/h1-19H,(H,28,29). The Morgan fingerprint density at radius 2 is 0.966 bits per heavy atom. The molecule has 0 bridgehead atoms. The minimum atomic E-state index is -0.861. The van der Waals surface area contributed by atoms with Gasteiger partial charge in [-0.1, -0.05) is 115 Å². The molecule has 0 aromatic heterocycles. The lowest BCUT2D eigenvalue weighted by atomic mass is 9.77. The first-order valence-corrected chi connectivity index (χ1v) is 9.83. The summed E-state index contributed by atoms with van der Waals surface area (Å²) in [5, 5.41) is 3.74. The number of carbonyl (C=O) groups is 1. The van der Waals surface area contributed by atoms with Crippen LogP contribution in [0.3, 0.4) is 0 Å². The predicted molar refractivity (Wildman–Crippen MR) is 118 cm³/mol. The third-order valence-corrected chi connectivity index (χ3v) is 5.37. The second-order valence-electron chi connectivity index (χ2n) is 6.78. The van der Waals surface area contributed by atoms with E-state index in [9.17, 15) is 4.79 Å². The summed E-state index contributed by atoms with van der Waals surface area (Å²) in [4.78, 5) is 13.4. The summed E-state index contributed by atoms with van der Waals surface area (Å²) in [6.07, 6.45) is 0. The minimum absolute atomic E-state index is 0.229. The molecule has 4 rings (SSSR count). The molecule has 4 aromatic carbocycles. The maximum absolute atomic E-state index is 13.4. The summed E-state index contributed by atoms with van der Waals surface area (Å²) in [7, 11) is 0. The van der Waals surface area contributed by atoms with Gasteiger partial charge in [-0.25, -0.2) is 0 Å². The molecule has 1 amide bonds. The van der Waals surface area contributed by atoms with E-state index in [1.54, 1.807) is 12.1 Å². The molecule has 0 saturated carbocycles. The van der Waals surface area contributed by atoms with Gasteiger partial charge in [-0.05, 0) is 28.8 Å². The van der Waals surface area contributed by atoms with Gasteiger partial charge in [0.05, 0.1) is 10.6 Å². The van der Waals surface area contributed by atoms with Crippen molar-refractivity contribution in [2.24, 2.45) is 0 Å². The second kappa shape index (κ2) is 8.34. The number of halogens is 1. The topological polar surface area (TPSA) is 29.1 Å². The van der Waals surface area contributed by atoms with Gasteiger partial charge in [0.2, 0.25) is 0 Å². The van der Waals surface area contributed by atoms with Crippen molar-refractivity contribution in [2.45, 2.75) is 5.54 Å². The second-order valence-corrected chi connectivity index (χ2v) is 7.19. The van der Waals surface area contributed by atoms with Gasteiger partial charge in [0, 0.05) is 0 Å². The van der Waals surface area contributed by atoms with Crippen LogP contribution in [0.15, 0.2) is 115 Å². The Labute approximate surface area is 175 Å². The molecule has 29 heavy (non-hydrogen) atoms. The van der Waals surface area contributed by atoms with E-state index in [-0.39, 0.29) is 5.91 Å². The van der Waals surface area contributed by atoms with Crippen molar-refractivity contribution in [3.63, 3.8) is 0 Å². The average Bonchev–Trinajstić information content (AvgIpc) is 2.79. The first-order valence-electron chi connectivity index (χ1n) is 9.45.